The quantitative estimate of drug-likeness (QED) is 0.261. The van der Waals surface area contributed by atoms with Crippen LogP contribution in [-0.2, 0) is 23.4 Å². The van der Waals surface area contributed by atoms with E-state index in [9.17, 15) is 29.2 Å². The summed E-state index contributed by atoms with van der Waals surface area (Å²) < 4.78 is 19.8. The van der Waals surface area contributed by atoms with E-state index >= 15 is 0 Å². The lowest BCUT2D eigenvalue weighted by molar-refractivity contribution is -0.150. The van der Waals surface area contributed by atoms with Crippen molar-refractivity contribution in [2.24, 2.45) is 0 Å². The second-order valence-corrected chi connectivity index (χ2v) is 5.87. The van der Waals surface area contributed by atoms with Crippen LogP contribution in [0.5, 0.6) is 0 Å². The van der Waals surface area contributed by atoms with Gasteiger partial charge in [0.2, 0.25) is 11.8 Å². The summed E-state index contributed by atoms with van der Waals surface area (Å²) in [5.41, 5.74) is 0. The number of nitrogens with one attached hydrogen (secondary N) is 1. The number of imide groups is 2. The molecule has 2 rings (SSSR count). The molecular weight excluding hydrogens is 327 g/mol. The Labute approximate surface area is 122 Å². The number of urea groups is 1. The first-order valence-electron chi connectivity index (χ1n) is 5.97. The summed E-state index contributed by atoms with van der Waals surface area (Å²) in [7, 11) is -4.83. The fraction of sp³-hybridized carbons (Fsp3) is 0.667. The van der Waals surface area contributed by atoms with Crippen molar-refractivity contribution < 1.29 is 48.2 Å². The van der Waals surface area contributed by atoms with Gasteiger partial charge in [-0.3, -0.25) is 19.4 Å². The normalized spacial score (nSPS) is 33.3. The predicted octanol–water partition coefficient (Wildman–Crippen LogP) is -2.99. The van der Waals surface area contributed by atoms with E-state index in [1.165, 1.54) is 0 Å². The molecular formula is C9H13N2O10P. The number of hydrogen-bond donors (Lipinski definition) is 5. The maximum Gasteiger partial charge on any atom is 0.469 e. The van der Waals surface area contributed by atoms with E-state index in [2.05, 4.69) is 4.52 Å². The molecule has 0 aromatic rings. The molecule has 2 fully saturated rings. The number of carbonyl (C=O) groups is 3. The molecule has 4 atom stereocenters. The van der Waals surface area contributed by atoms with Gasteiger partial charge in [0.05, 0.1) is 6.61 Å². The first-order chi connectivity index (χ1) is 10.1. The molecule has 4 amide bonds. The number of hydrogen-bond acceptors (Lipinski definition) is 8. The van der Waals surface area contributed by atoms with Crippen molar-refractivity contribution in [1.82, 2.24) is 10.2 Å². The average molecular weight is 340 g/mol. The predicted molar refractivity (Wildman–Crippen MR) is 63.7 cm³/mol. The van der Waals surface area contributed by atoms with Gasteiger partial charge in [0.1, 0.15) is 24.7 Å². The van der Waals surface area contributed by atoms with E-state index < -0.39 is 63.2 Å². The smallest absolute Gasteiger partial charge is 0.387 e. The first kappa shape index (κ1) is 17.0. The molecule has 0 spiro atoms. The highest BCUT2D eigenvalue weighted by atomic mass is 31.2. The van der Waals surface area contributed by atoms with E-state index in [4.69, 9.17) is 14.5 Å². The van der Waals surface area contributed by atoms with Crippen molar-refractivity contribution in [2.75, 3.05) is 6.61 Å². The SMILES string of the molecule is O=C1CC(=O)N([C@H]2O[C@@H](COP(=O)(O)O)[C@@H](O)[C@H]2O)C(=O)N1. The molecule has 22 heavy (non-hydrogen) atoms. The molecule has 12 nitrogen and oxygen atoms in total. The van der Waals surface area contributed by atoms with Gasteiger partial charge in [-0.05, 0) is 0 Å². The Morgan fingerprint density at radius 1 is 1.27 bits per heavy atom. The van der Waals surface area contributed by atoms with E-state index in [-0.39, 0.29) is 0 Å². The van der Waals surface area contributed by atoms with Crippen molar-refractivity contribution in [1.29, 1.82) is 0 Å². The van der Waals surface area contributed by atoms with Crippen LogP contribution < -0.4 is 5.32 Å². The van der Waals surface area contributed by atoms with Crippen molar-refractivity contribution >= 4 is 25.7 Å². The van der Waals surface area contributed by atoms with Crippen LogP contribution in [-0.4, -0.2) is 73.9 Å². The van der Waals surface area contributed by atoms with Crippen LogP contribution in [0.4, 0.5) is 4.79 Å². The molecule has 0 aromatic heterocycles. The molecule has 0 radical (unpaired) electrons. The minimum Gasteiger partial charge on any atom is -0.387 e. The molecule has 0 aromatic carbocycles. The third-order valence-corrected chi connectivity index (χ3v) is 3.53. The van der Waals surface area contributed by atoms with Gasteiger partial charge in [0.15, 0.2) is 6.23 Å². The maximum atomic E-state index is 11.7. The van der Waals surface area contributed by atoms with Crippen LogP contribution in [0, 0.1) is 0 Å². The number of amides is 4. The molecule has 2 aliphatic heterocycles. The number of phosphoric acid groups is 1. The van der Waals surface area contributed by atoms with Gasteiger partial charge in [0.25, 0.3) is 0 Å². The van der Waals surface area contributed by atoms with Gasteiger partial charge in [-0.1, -0.05) is 0 Å². The Morgan fingerprint density at radius 2 is 1.91 bits per heavy atom. The minimum atomic E-state index is -4.83. The molecule has 5 N–H and O–H groups in total. The molecule has 0 bridgehead atoms. The monoisotopic (exact) mass is 340 g/mol. The van der Waals surface area contributed by atoms with Crippen LogP contribution >= 0.6 is 7.82 Å². The summed E-state index contributed by atoms with van der Waals surface area (Å²) in [5, 5.41) is 21.4. The number of nitrogens with zero attached hydrogens (tertiary/aromatic N) is 1. The number of aliphatic hydroxyl groups excluding tert-OH is 2. The molecule has 2 aliphatic rings. The van der Waals surface area contributed by atoms with Crippen molar-refractivity contribution in [2.45, 2.75) is 31.0 Å². The number of phosphoric ester groups is 1. The molecule has 2 saturated heterocycles. The Morgan fingerprint density at radius 3 is 2.45 bits per heavy atom. The standard InChI is InChI=1S/C9H13N2O10P/c12-4-1-5(13)11(9(16)10-4)8-7(15)6(14)3(21-8)2-20-22(17,18)19/h3,6-8,14-15H,1-2H2,(H,10,12,16)(H2,17,18,19)/t3-,6+,7+,8-/m0/s1. The number of ether oxygens (including phenoxy) is 1. The Balaban J connectivity index is 2.09. The van der Waals surface area contributed by atoms with Gasteiger partial charge >= 0.3 is 13.9 Å². The first-order valence-corrected chi connectivity index (χ1v) is 7.51. The van der Waals surface area contributed by atoms with Gasteiger partial charge in [-0.15, -0.1) is 0 Å². The highest BCUT2D eigenvalue weighted by Crippen LogP contribution is 2.37. The largest absolute Gasteiger partial charge is 0.469 e. The summed E-state index contributed by atoms with van der Waals surface area (Å²) in [5.74, 6) is -1.76. The lowest BCUT2D eigenvalue weighted by Crippen LogP contribution is -2.59. The van der Waals surface area contributed by atoms with Crippen molar-refractivity contribution in [3.05, 3.63) is 0 Å². The van der Waals surface area contributed by atoms with Crippen LogP contribution in [0.15, 0.2) is 0 Å². The molecule has 13 heteroatoms. The third-order valence-electron chi connectivity index (χ3n) is 3.04. The second-order valence-electron chi connectivity index (χ2n) is 4.63. The van der Waals surface area contributed by atoms with Gasteiger partial charge in [-0.25, -0.2) is 14.3 Å². The number of carbonyl (C=O) groups excluding carboxylic acids is 3. The van der Waals surface area contributed by atoms with Crippen molar-refractivity contribution in [3.63, 3.8) is 0 Å². The zero-order valence-corrected chi connectivity index (χ0v) is 11.8. The second kappa shape index (κ2) is 6.01. The maximum absolute atomic E-state index is 11.7. The average Bonchev–Trinajstić information content (AvgIpc) is 2.63. The lowest BCUT2D eigenvalue weighted by Gasteiger charge is -2.30. The van der Waals surface area contributed by atoms with E-state index in [1.807, 2.05) is 5.32 Å². The summed E-state index contributed by atoms with van der Waals surface area (Å²) in [6.45, 7) is -0.776. The molecule has 124 valence electrons. The van der Waals surface area contributed by atoms with Crippen molar-refractivity contribution in [3.8, 4) is 0 Å². The van der Waals surface area contributed by atoms with Crippen LogP contribution in [0.2, 0.25) is 0 Å². The number of rotatable bonds is 4. The summed E-state index contributed by atoms with van der Waals surface area (Å²) in [4.78, 5) is 51.9. The summed E-state index contributed by atoms with van der Waals surface area (Å²) >= 11 is 0. The van der Waals surface area contributed by atoms with Crippen LogP contribution in [0.25, 0.3) is 0 Å². The minimum absolute atomic E-state index is 0.423. The Hall–Kier alpha value is -1.40. The number of barbiturate groups is 1. The van der Waals surface area contributed by atoms with Crippen LogP contribution in [0.1, 0.15) is 6.42 Å². The van der Waals surface area contributed by atoms with E-state index in [0.717, 1.165) is 0 Å². The topological polar surface area (TPSA) is 183 Å². The third kappa shape index (κ3) is 3.50. The molecule has 0 aliphatic carbocycles. The fourth-order valence-electron chi connectivity index (χ4n) is 2.07. The molecule has 2 heterocycles. The highest BCUT2D eigenvalue weighted by molar-refractivity contribution is 7.46. The highest BCUT2D eigenvalue weighted by Gasteiger charge is 2.50. The Bertz CT molecular complexity index is 527. The summed E-state index contributed by atoms with van der Waals surface area (Å²) in [6, 6.07) is -1.13. The Kier molecular flexibility index (Phi) is 4.63. The lowest BCUT2D eigenvalue weighted by atomic mass is 10.1. The molecule has 0 unspecified atom stereocenters. The van der Waals surface area contributed by atoms with E-state index in [1.54, 1.807) is 0 Å². The van der Waals surface area contributed by atoms with Gasteiger partial charge < -0.3 is 24.7 Å². The zero-order valence-electron chi connectivity index (χ0n) is 10.9. The fourth-order valence-corrected chi connectivity index (χ4v) is 2.41. The summed E-state index contributed by atoms with van der Waals surface area (Å²) in [6.07, 6.45) is -7.02. The zero-order chi connectivity index (χ0) is 16.7. The van der Waals surface area contributed by atoms with Gasteiger partial charge in [-0.2, -0.15) is 0 Å². The number of aliphatic hydroxyl groups is 2. The molecule has 0 saturated carbocycles. The van der Waals surface area contributed by atoms with Crippen LogP contribution in [0.3, 0.4) is 0 Å². The van der Waals surface area contributed by atoms with Gasteiger partial charge in [0, 0.05) is 0 Å². The van der Waals surface area contributed by atoms with E-state index in [0.29, 0.717) is 4.90 Å².